The molecule has 11 heteroatoms. The fraction of sp³-hybridized carbons (Fsp3) is 0.548. The molecule has 2 aliphatic carbocycles. The van der Waals surface area contributed by atoms with Gasteiger partial charge in [0.2, 0.25) is 5.91 Å². The molecule has 2 bridgehead atoms. The van der Waals surface area contributed by atoms with Crippen LogP contribution in [0.2, 0.25) is 0 Å². The molecule has 10 nitrogen and oxygen atoms in total. The molecule has 0 saturated heterocycles. The summed E-state index contributed by atoms with van der Waals surface area (Å²) >= 11 is 0. The van der Waals surface area contributed by atoms with Gasteiger partial charge in [0, 0.05) is 56.8 Å². The van der Waals surface area contributed by atoms with Crippen LogP contribution in [0.3, 0.4) is 0 Å². The molecule has 7 rings (SSSR count). The monoisotopic (exact) mass is 741 g/mol. The molecule has 2 amide bonds. The number of amides is 2. The van der Waals surface area contributed by atoms with Crippen molar-refractivity contribution in [3.05, 3.63) is 88.8 Å². The summed E-state index contributed by atoms with van der Waals surface area (Å²) in [4.78, 5) is 30.0. The number of nitrogens with zero attached hydrogens (tertiary/aromatic N) is 4. The van der Waals surface area contributed by atoms with Gasteiger partial charge in [-0.1, -0.05) is 42.8 Å². The van der Waals surface area contributed by atoms with Gasteiger partial charge >= 0.3 is 0 Å². The van der Waals surface area contributed by atoms with Crippen molar-refractivity contribution in [3.63, 3.8) is 0 Å². The summed E-state index contributed by atoms with van der Waals surface area (Å²) in [6, 6.07) is 14.2. The largest absolute Gasteiger partial charge is 0.490 e. The van der Waals surface area contributed by atoms with Gasteiger partial charge < -0.3 is 14.4 Å². The van der Waals surface area contributed by atoms with E-state index in [9.17, 15) is 13.8 Å². The third-order valence-electron chi connectivity index (χ3n) is 12.3. The first-order valence-electron chi connectivity index (χ1n) is 19.5. The molecule has 1 unspecified atom stereocenters. The van der Waals surface area contributed by atoms with Crippen molar-refractivity contribution < 1.29 is 23.3 Å². The molecule has 53 heavy (non-hydrogen) atoms. The van der Waals surface area contributed by atoms with Crippen LogP contribution < -0.4 is 14.4 Å². The minimum absolute atomic E-state index is 0.0444. The maximum absolute atomic E-state index is 14.8. The van der Waals surface area contributed by atoms with E-state index in [0.717, 1.165) is 68.9 Å². The number of nitrogens with one attached hydrogen (secondary N) is 1. The van der Waals surface area contributed by atoms with Crippen LogP contribution in [0, 0.1) is 24.7 Å². The lowest BCUT2D eigenvalue weighted by Crippen LogP contribution is -2.49. The van der Waals surface area contributed by atoms with E-state index in [1.165, 1.54) is 16.7 Å². The summed E-state index contributed by atoms with van der Waals surface area (Å²) in [5.74, 6) is 0.319. The van der Waals surface area contributed by atoms with Gasteiger partial charge in [-0.15, -0.1) is 4.36 Å². The number of hydrogen-bond acceptors (Lipinski definition) is 7. The summed E-state index contributed by atoms with van der Waals surface area (Å²) in [6.45, 7) is 10.8. The highest BCUT2D eigenvalue weighted by atomic mass is 32.2. The Labute approximate surface area is 315 Å². The Kier molecular flexibility index (Phi) is 10.9. The van der Waals surface area contributed by atoms with Crippen LogP contribution in [-0.4, -0.2) is 64.0 Å². The average Bonchev–Trinajstić information content (AvgIpc) is 3.55. The number of hydrogen-bond donors (Lipinski definition) is 1. The van der Waals surface area contributed by atoms with Gasteiger partial charge in [0.05, 0.1) is 29.3 Å². The van der Waals surface area contributed by atoms with E-state index in [1.807, 2.05) is 45.2 Å². The lowest BCUT2D eigenvalue weighted by molar-refractivity contribution is -0.119. The van der Waals surface area contributed by atoms with E-state index in [1.54, 1.807) is 17.9 Å². The molecule has 1 saturated carbocycles. The average molecular weight is 742 g/mol. The molecule has 1 N–H and O–H groups in total. The lowest BCUT2D eigenvalue weighted by Gasteiger charge is -2.46. The summed E-state index contributed by atoms with van der Waals surface area (Å²) in [7, 11) is -1.75. The molecule has 0 radical (unpaired) electrons. The number of carbonyl (C=O) groups excluding carboxylic acids is 2. The van der Waals surface area contributed by atoms with Gasteiger partial charge in [-0.25, -0.2) is 4.21 Å². The predicted octanol–water partition coefficient (Wildman–Crippen LogP) is 6.98. The van der Waals surface area contributed by atoms with Crippen LogP contribution in [0.4, 0.5) is 5.69 Å². The number of anilines is 1. The minimum Gasteiger partial charge on any atom is -0.490 e. The molecular weight excluding hydrogens is 687 g/mol. The fourth-order valence-corrected chi connectivity index (χ4v) is 10.7. The number of ether oxygens (including phenoxy) is 2. The SMILES string of the molecule is CCn1ccc(CCC(=O)NS2(=O)=NC(=O)c3ccc4c(c3)N(C[C@@H]3CC[C@H]3[C@@H](OC)/C=C/C[C@H](C)[C@H]2C)C[C@@]2(CCCc3cc(C)ccc32)CO4)n1. The molecule has 1 spiro atoms. The number of benzene rings is 2. The highest BCUT2D eigenvalue weighted by Crippen LogP contribution is 2.47. The summed E-state index contributed by atoms with van der Waals surface area (Å²) in [5.41, 5.74) is 5.79. The molecule has 2 aliphatic heterocycles. The summed E-state index contributed by atoms with van der Waals surface area (Å²) in [6.07, 6.45) is 12.5. The fourth-order valence-electron chi connectivity index (χ4n) is 8.82. The van der Waals surface area contributed by atoms with Gasteiger partial charge in [-0.2, -0.15) is 5.10 Å². The number of fused-ring (bicyclic) bond motifs is 4. The van der Waals surface area contributed by atoms with Crippen LogP contribution in [0.5, 0.6) is 5.75 Å². The third kappa shape index (κ3) is 7.69. The summed E-state index contributed by atoms with van der Waals surface area (Å²) in [5, 5.41) is 3.86. The van der Waals surface area contributed by atoms with Crippen molar-refractivity contribution in [1.29, 1.82) is 0 Å². The third-order valence-corrected chi connectivity index (χ3v) is 14.8. The van der Waals surface area contributed by atoms with Crippen LogP contribution in [0.25, 0.3) is 0 Å². The maximum Gasteiger partial charge on any atom is 0.286 e. The number of aromatic nitrogens is 2. The number of aryl methyl sites for hydroxylation is 4. The first kappa shape index (κ1) is 37.4. The van der Waals surface area contributed by atoms with Gasteiger partial charge in [-0.3, -0.25) is 19.0 Å². The molecule has 4 aliphatic rings. The molecule has 3 heterocycles. The zero-order chi connectivity index (χ0) is 37.3. The second-order valence-electron chi connectivity index (χ2n) is 15.8. The Bertz CT molecular complexity index is 2000. The Morgan fingerprint density at radius 2 is 2.00 bits per heavy atom. The second kappa shape index (κ2) is 15.4. The van der Waals surface area contributed by atoms with Crippen molar-refractivity contribution in [3.8, 4) is 5.75 Å². The molecule has 284 valence electrons. The number of rotatable bonds is 6. The molecule has 1 fully saturated rings. The van der Waals surface area contributed by atoms with Crippen molar-refractivity contribution in [2.45, 2.75) is 102 Å². The van der Waals surface area contributed by atoms with Gasteiger partial charge in [0.1, 0.15) is 15.7 Å². The smallest absolute Gasteiger partial charge is 0.286 e. The van der Waals surface area contributed by atoms with Crippen LogP contribution >= 0.6 is 0 Å². The predicted molar refractivity (Wildman–Crippen MR) is 209 cm³/mol. The minimum atomic E-state index is -3.53. The van der Waals surface area contributed by atoms with Crippen molar-refractivity contribution in [1.82, 2.24) is 14.5 Å². The Morgan fingerprint density at radius 3 is 2.75 bits per heavy atom. The van der Waals surface area contributed by atoms with Crippen LogP contribution in [0.1, 0.15) is 92.0 Å². The van der Waals surface area contributed by atoms with Crippen molar-refractivity contribution in [2.24, 2.45) is 22.1 Å². The van der Waals surface area contributed by atoms with E-state index >= 15 is 0 Å². The van der Waals surface area contributed by atoms with E-state index in [2.05, 4.69) is 56.4 Å². The standard InChI is InChI=1S/C42H55N5O5S/c1-6-47-22-20-34(43-47)15-19-40(48)44-53(50)30(4)29(3)9-7-11-38(51-5)35-16-13-33(35)25-46-26-42(21-8-10-31-23-28(2)12-17-36(31)42)27-52-39-18-14-32(24-37(39)46)41(49)45-53/h7,11-12,14,17-18,20,22-24,29-30,33,35,38H,6,8-10,13,15-16,19,21,25-27H2,1-5H3,(H,44,45,48,49,50)/b11-7+/t29-,30+,33-,35+,38-,42-,53?/m0/s1. The molecule has 3 aromatic rings. The van der Waals surface area contributed by atoms with Gasteiger partial charge in [0.15, 0.2) is 0 Å². The number of carbonyl (C=O) groups is 2. The van der Waals surface area contributed by atoms with Crippen LogP contribution in [0.15, 0.2) is 65.2 Å². The summed E-state index contributed by atoms with van der Waals surface area (Å²) < 4.78 is 36.6. The number of methoxy groups -OCH3 is 1. The highest BCUT2D eigenvalue weighted by molar-refractivity contribution is 7.93. The van der Waals surface area contributed by atoms with E-state index in [4.69, 9.17) is 9.47 Å². The van der Waals surface area contributed by atoms with Crippen LogP contribution in [-0.2, 0) is 44.2 Å². The quantitative estimate of drug-likeness (QED) is 0.271. The van der Waals surface area contributed by atoms with E-state index in [-0.39, 0.29) is 23.9 Å². The lowest BCUT2D eigenvalue weighted by atomic mass is 9.68. The first-order chi connectivity index (χ1) is 25.5. The first-order valence-corrected chi connectivity index (χ1v) is 21.0. The molecule has 2 aromatic carbocycles. The Balaban J connectivity index is 1.26. The van der Waals surface area contributed by atoms with Crippen molar-refractivity contribution >= 4 is 27.4 Å². The molecule has 7 atom stereocenters. The highest BCUT2D eigenvalue weighted by Gasteiger charge is 2.44. The Hall–Kier alpha value is -3.96. The molecule has 1 aromatic heterocycles. The van der Waals surface area contributed by atoms with Gasteiger partial charge in [-0.05, 0) is 112 Å². The van der Waals surface area contributed by atoms with E-state index in [0.29, 0.717) is 36.8 Å². The van der Waals surface area contributed by atoms with E-state index < -0.39 is 27.0 Å². The zero-order valence-corrected chi connectivity index (χ0v) is 32.7. The molecular formula is C42H55N5O5S. The normalized spacial score (nSPS) is 30.5. The van der Waals surface area contributed by atoms with Gasteiger partial charge in [0.25, 0.3) is 5.91 Å². The zero-order valence-electron chi connectivity index (χ0n) is 31.9. The number of allylic oxidation sites excluding steroid dienone is 1. The van der Waals surface area contributed by atoms with Crippen molar-refractivity contribution in [2.75, 3.05) is 31.7 Å². The topological polar surface area (TPSA) is 115 Å². The maximum atomic E-state index is 14.8. The Morgan fingerprint density at radius 1 is 1.15 bits per heavy atom. The second-order valence-corrected chi connectivity index (χ2v) is 18.1.